The Bertz CT molecular complexity index is 1360. The van der Waals surface area contributed by atoms with Crippen LogP contribution in [-0.4, -0.2) is 82.8 Å². The maximum absolute atomic E-state index is 15.7. The van der Waals surface area contributed by atoms with Gasteiger partial charge in [0.15, 0.2) is 0 Å². The maximum atomic E-state index is 15.7. The summed E-state index contributed by atoms with van der Waals surface area (Å²) in [5.74, 6) is -2.55. The summed E-state index contributed by atoms with van der Waals surface area (Å²) in [6.45, 7) is 10.4. The van der Waals surface area contributed by atoms with Gasteiger partial charge in [0, 0.05) is 51.3 Å². The van der Waals surface area contributed by atoms with Crippen LogP contribution in [0, 0.1) is 11.7 Å². The van der Waals surface area contributed by atoms with Gasteiger partial charge in [0.05, 0.1) is 5.69 Å². The summed E-state index contributed by atoms with van der Waals surface area (Å²) < 4.78 is 17.5. The van der Waals surface area contributed by atoms with E-state index >= 15 is 4.39 Å². The molecule has 0 bridgehead atoms. The zero-order valence-electron chi connectivity index (χ0n) is 27.3. The van der Waals surface area contributed by atoms with E-state index in [0.717, 1.165) is 45.2 Å². The number of aromatic nitrogens is 1. The molecule has 1 aliphatic heterocycles. The zero-order chi connectivity index (χ0) is 32.7. The number of likely N-dealkylation sites (N-methyl/N-ethyl adjacent to an activating group) is 1. The van der Waals surface area contributed by atoms with Crippen LogP contribution in [0.25, 0.3) is 0 Å². The Kier molecular flexibility index (Phi) is 11.4. The number of anilines is 1. The Morgan fingerprint density at radius 1 is 1.02 bits per heavy atom. The monoisotopic (exact) mass is 624 g/mol. The van der Waals surface area contributed by atoms with Crippen LogP contribution >= 0.6 is 0 Å². The SMILES string of the molecule is CCC(=O)N[C@@H](C(=O)N1CCN(C)CC1)[C@@H](C)c1ccc(NC(=O)[C@](C)(NC(=O)c2cccn2CC)C2CCCCC2)c(F)c1. The predicted octanol–water partition coefficient (Wildman–Crippen LogP) is 4.13. The standard InChI is InChI=1S/C34H49FN6O4/c1-6-29(42)37-30(32(44)41-20-18-39(5)19-21-41)23(3)24-15-16-27(26(35)22-24)36-33(45)34(4,25-12-9-8-10-13-25)38-31(43)28-14-11-17-40(28)7-2/h11,14-17,22-23,25,30H,6-10,12-13,18-21H2,1-5H3,(H,36,45)(H,37,42)(H,38,43)/t23-,30+,34+/m0/s1. The van der Waals surface area contributed by atoms with E-state index in [2.05, 4.69) is 20.9 Å². The molecule has 11 heteroatoms. The van der Waals surface area contributed by atoms with Crippen LogP contribution < -0.4 is 16.0 Å². The first kappa shape index (κ1) is 34.1. The Morgan fingerprint density at radius 2 is 1.71 bits per heavy atom. The number of carbonyl (C=O) groups excluding carboxylic acids is 4. The summed E-state index contributed by atoms with van der Waals surface area (Å²) in [4.78, 5) is 57.1. The van der Waals surface area contributed by atoms with Crippen molar-refractivity contribution in [2.24, 2.45) is 5.92 Å². The Hall–Kier alpha value is -3.73. The van der Waals surface area contributed by atoms with E-state index in [1.165, 1.54) is 12.1 Å². The molecule has 1 aromatic heterocycles. The fraction of sp³-hybridized carbons (Fsp3) is 0.588. The summed E-state index contributed by atoms with van der Waals surface area (Å²) in [6.07, 6.45) is 6.60. The lowest BCUT2D eigenvalue weighted by atomic mass is 9.75. The van der Waals surface area contributed by atoms with Crippen LogP contribution in [0.2, 0.25) is 0 Å². The quantitative estimate of drug-likeness (QED) is 0.348. The highest BCUT2D eigenvalue weighted by molar-refractivity contribution is 6.03. The zero-order valence-corrected chi connectivity index (χ0v) is 27.3. The number of piperazine rings is 1. The smallest absolute Gasteiger partial charge is 0.268 e. The molecule has 0 unspecified atom stereocenters. The molecular weight excluding hydrogens is 575 g/mol. The molecule has 0 radical (unpaired) electrons. The first-order valence-electron chi connectivity index (χ1n) is 16.3. The van der Waals surface area contributed by atoms with Crippen molar-refractivity contribution >= 4 is 29.3 Å². The van der Waals surface area contributed by atoms with E-state index in [1.54, 1.807) is 43.9 Å². The summed E-state index contributed by atoms with van der Waals surface area (Å²) >= 11 is 0. The van der Waals surface area contributed by atoms with Crippen molar-refractivity contribution in [3.63, 3.8) is 0 Å². The average Bonchev–Trinajstić information content (AvgIpc) is 3.54. The first-order valence-corrected chi connectivity index (χ1v) is 16.3. The van der Waals surface area contributed by atoms with Gasteiger partial charge in [0.1, 0.15) is 23.1 Å². The molecule has 2 fully saturated rings. The fourth-order valence-corrected chi connectivity index (χ4v) is 6.48. The largest absolute Gasteiger partial charge is 0.344 e. The highest BCUT2D eigenvalue weighted by Crippen LogP contribution is 2.34. The molecule has 3 N–H and O–H groups in total. The molecule has 1 saturated carbocycles. The minimum atomic E-state index is -1.26. The van der Waals surface area contributed by atoms with Crippen LogP contribution in [0.4, 0.5) is 10.1 Å². The lowest BCUT2D eigenvalue weighted by Crippen LogP contribution is -2.60. The van der Waals surface area contributed by atoms with Gasteiger partial charge in [-0.25, -0.2) is 4.39 Å². The molecule has 0 spiro atoms. The van der Waals surface area contributed by atoms with Gasteiger partial charge >= 0.3 is 0 Å². The van der Waals surface area contributed by atoms with Gasteiger partial charge in [-0.3, -0.25) is 19.2 Å². The van der Waals surface area contributed by atoms with E-state index in [4.69, 9.17) is 0 Å². The van der Waals surface area contributed by atoms with Crippen molar-refractivity contribution in [1.82, 2.24) is 25.0 Å². The maximum Gasteiger partial charge on any atom is 0.268 e. The van der Waals surface area contributed by atoms with Crippen molar-refractivity contribution in [1.29, 1.82) is 0 Å². The molecule has 2 aromatic rings. The second-order valence-corrected chi connectivity index (χ2v) is 12.7. The van der Waals surface area contributed by atoms with Crippen LogP contribution in [0.5, 0.6) is 0 Å². The number of hydrogen-bond donors (Lipinski definition) is 3. The Labute approximate surface area is 266 Å². The number of halogens is 1. The normalized spacial score (nSPS) is 18.8. The highest BCUT2D eigenvalue weighted by Gasteiger charge is 2.43. The van der Waals surface area contributed by atoms with E-state index < -0.39 is 29.2 Å². The van der Waals surface area contributed by atoms with Crippen LogP contribution in [0.15, 0.2) is 36.5 Å². The molecule has 2 heterocycles. The number of carbonyl (C=O) groups is 4. The molecule has 3 atom stereocenters. The molecule has 1 saturated heterocycles. The van der Waals surface area contributed by atoms with Crippen molar-refractivity contribution in [2.45, 2.75) is 90.3 Å². The van der Waals surface area contributed by atoms with Crippen molar-refractivity contribution in [3.05, 3.63) is 53.6 Å². The molecule has 1 aliphatic carbocycles. The number of hydrogen-bond acceptors (Lipinski definition) is 5. The molecular formula is C34H49FN6O4. The lowest BCUT2D eigenvalue weighted by molar-refractivity contribution is -0.138. The summed E-state index contributed by atoms with van der Waals surface area (Å²) in [6, 6.07) is 7.15. The van der Waals surface area contributed by atoms with E-state index in [0.29, 0.717) is 30.9 Å². The number of rotatable bonds is 11. The Balaban J connectivity index is 1.55. The Morgan fingerprint density at radius 3 is 2.33 bits per heavy atom. The van der Waals surface area contributed by atoms with Gasteiger partial charge in [-0.1, -0.05) is 39.2 Å². The number of benzene rings is 1. The molecule has 1 aromatic carbocycles. The number of aryl methyl sites for hydroxylation is 1. The molecule has 246 valence electrons. The van der Waals surface area contributed by atoms with Crippen molar-refractivity contribution < 1.29 is 23.6 Å². The van der Waals surface area contributed by atoms with E-state index in [9.17, 15) is 19.2 Å². The third kappa shape index (κ3) is 7.92. The minimum Gasteiger partial charge on any atom is -0.344 e. The number of nitrogens with one attached hydrogen (secondary N) is 3. The highest BCUT2D eigenvalue weighted by atomic mass is 19.1. The second-order valence-electron chi connectivity index (χ2n) is 12.7. The lowest BCUT2D eigenvalue weighted by Gasteiger charge is -2.39. The van der Waals surface area contributed by atoms with Crippen LogP contribution in [-0.2, 0) is 20.9 Å². The van der Waals surface area contributed by atoms with Crippen LogP contribution in [0.3, 0.4) is 0 Å². The third-order valence-electron chi connectivity index (χ3n) is 9.66. The van der Waals surface area contributed by atoms with Crippen molar-refractivity contribution in [2.75, 3.05) is 38.5 Å². The molecule has 2 aliphatic rings. The predicted molar refractivity (Wildman–Crippen MR) is 172 cm³/mol. The molecule has 45 heavy (non-hydrogen) atoms. The van der Waals surface area contributed by atoms with Crippen molar-refractivity contribution in [3.8, 4) is 0 Å². The topological polar surface area (TPSA) is 116 Å². The van der Waals surface area contributed by atoms with Gasteiger partial charge in [-0.15, -0.1) is 0 Å². The van der Waals surface area contributed by atoms with Gasteiger partial charge < -0.3 is 30.3 Å². The molecule has 4 rings (SSSR count). The van der Waals surface area contributed by atoms with Gasteiger partial charge in [0.25, 0.3) is 5.91 Å². The summed E-state index contributed by atoms with van der Waals surface area (Å²) in [5.41, 5.74) is -0.280. The number of nitrogens with zero attached hydrogens (tertiary/aromatic N) is 3. The number of amides is 4. The minimum absolute atomic E-state index is 0.0105. The summed E-state index contributed by atoms with van der Waals surface area (Å²) in [5, 5.41) is 8.63. The first-order chi connectivity index (χ1) is 21.5. The van der Waals surface area contributed by atoms with E-state index in [-0.39, 0.29) is 35.7 Å². The molecule has 10 nitrogen and oxygen atoms in total. The fourth-order valence-electron chi connectivity index (χ4n) is 6.48. The average molecular weight is 625 g/mol. The molecule has 4 amide bonds. The van der Waals surface area contributed by atoms with Gasteiger partial charge in [0.2, 0.25) is 17.7 Å². The summed E-state index contributed by atoms with van der Waals surface area (Å²) in [7, 11) is 2.00. The van der Waals surface area contributed by atoms with Gasteiger partial charge in [-0.2, -0.15) is 0 Å². The van der Waals surface area contributed by atoms with Gasteiger partial charge in [-0.05, 0) is 69.5 Å². The second kappa shape index (κ2) is 15.0. The third-order valence-corrected chi connectivity index (χ3v) is 9.66. The van der Waals surface area contributed by atoms with Crippen LogP contribution in [0.1, 0.15) is 88.2 Å². The van der Waals surface area contributed by atoms with E-state index in [1.807, 2.05) is 24.7 Å².